The maximum atomic E-state index is 13.0. The molecular formula is C13H10F3N3O. The minimum absolute atomic E-state index is 0.0963. The van der Waals surface area contributed by atoms with Crippen molar-refractivity contribution in [2.45, 2.75) is 6.42 Å². The third-order valence-corrected chi connectivity index (χ3v) is 2.46. The summed E-state index contributed by atoms with van der Waals surface area (Å²) in [6.45, 7) is 0. The molecule has 0 atom stereocenters. The summed E-state index contributed by atoms with van der Waals surface area (Å²) in [5, 5.41) is 2.26. The number of carbonyl (C=O) groups excluding carboxylic acids is 1. The summed E-state index contributed by atoms with van der Waals surface area (Å²) in [5.74, 6) is -4.85. The van der Waals surface area contributed by atoms with E-state index in [1.54, 1.807) is 12.1 Å². The van der Waals surface area contributed by atoms with Crippen LogP contribution in [0, 0.1) is 17.5 Å². The molecule has 0 aliphatic heterocycles. The van der Waals surface area contributed by atoms with Crippen LogP contribution in [0.25, 0.3) is 0 Å². The first kappa shape index (κ1) is 13.9. The quantitative estimate of drug-likeness (QED) is 0.848. The Bertz CT molecular complexity index is 621. The predicted octanol–water partition coefficient (Wildman–Crippen LogP) is 2.26. The fourth-order valence-electron chi connectivity index (χ4n) is 1.54. The Kier molecular flexibility index (Phi) is 3.88. The summed E-state index contributed by atoms with van der Waals surface area (Å²) < 4.78 is 38.7. The maximum absolute atomic E-state index is 13.0. The molecule has 0 unspecified atom stereocenters. The van der Waals surface area contributed by atoms with Crippen LogP contribution in [0.2, 0.25) is 0 Å². The molecule has 7 heteroatoms. The fraction of sp³-hybridized carbons (Fsp3) is 0.0769. The van der Waals surface area contributed by atoms with Crippen LogP contribution in [-0.4, -0.2) is 10.9 Å². The van der Waals surface area contributed by atoms with E-state index in [4.69, 9.17) is 5.73 Å². The van der Waals surface area contributed by atoms with Gasteiger partial charge in [-0.2, -0.15) is 0 Å². The number of aromatic nitrogens is 1. The number of benzene rings is 1. The molecule has 104 valence electrons. The smallest absolute Gasteiger partial charge is 0.230 e. The van der Waals surface area contributed by atoms with Crippen molar-refractivity contribution in [1.82, 2.24) is 4.98 Å². The lowest BCUT2D eigenvalue weighted by atomic mass is 10.2. The van der Waals surface area contributed by atoms with Crippen LogP contribution in [0.15, 0.2) is 30.5 Å². The maximum Gasteiger partial charge on any atom is 0.230 e. The average molecular weight is 281 g/mol. The van der Waals surface area contributed by atoms with Gasteiger partial charge in [-0.15, -0.1) is 0 Å². The van der Waals surface area contributed by atoms with Crippen LogP contribution >= 0.6 is 0 Å². The molecule has 2 aromatic rings. The highest BCUT2D eigenvalue weighted by Gasteiger charge is 2.12. The molecule has 0 bridgehead atoms. The van der Waals surface area contributed by atoms with Gasteiger partial charge in [0.25, 0.3) is 0 Å². The summed E-state index contributed by atoms with van der Waals surface area (Å²) in [7, 11) is 0. The van der Waals surface area contributed by atoms with E-state index < -0.39 is 23.4 Å². The Morgan fingerprint density at radius 2 is 1.85 bits per heavy atom. The molecule has 3 N–H and O–H groups in total. The SMILES string of the molecule is Nc1ccc(CC(=O)Nc2cc(F)c(F)c(F)c2)nc1. The van der Waals surface area contributed by atoms with Gasteiger partial charge in [-0.1, -0.05) is 0 Å². The zero-order valence-corrected chi connectivity index (χ0v) is 10.2. The van der Waals surface area contributed by atoms with Crippen molar-refractivity contribution in [2.24, 2.45) is 0 Å². The number of hydrogen-bond acceptors (Lipinski definition) is 3. The number of rotatable bonds is 3. The lowest BCUT2D eigenvalue weighted by Crippen LogP contribution is -2.15. The molecule has 0 radical (unpaired) electrons. The molecule has 1 amide bonds. The van der Waals surface area contributed by atoms with Crippen molar-refractivity contribution in [3.8, 4) is 0 Å². The molecule has 2 rings (SSSR count). The fourth-order valence-corrected chi connectivity index (χ4v) is 1.54. The lowest BCUT2D eigenvalue weighted by Gasteiger charge is -2.06. The molecule has 1 aromatic carbocycles. The van der Waals surface area contributed by atoms with Crippen LogP contribution < -0.4 is 11.1 Å². The second-order valence-electron chi connectivity index (χ2n) is 4.06. The van der Waals surface area contributed by atoms with Crippen molar-refractivity contribution >= 4 is 17.3 Å². The first-order chi connectivity index (χ1) is 9.45. The Balaban J connectivity index is 2.06. The topological polar surface area (TPSA) is 68.0 Å². The summed E-state index contributed by atoms with van der Waals surface area (Å²) >= 11 is 0. The van der Waals surface area contributed by atoms with Gasteiger partial charge in [0.05, 0.1) is 18.3 Å². The minimum atomic E-state index is -1.58. The molecule has 0 fully saturated rings. The monoisotopic (exact) mass is 281 g/mol. The third-order valence-electron chi connectivity index (χ3n) is 2.46. The van der Waals surface area contributed by atoms with Crippen LogP contribution in [0.1, 0.15) is 5.69 Å². The van der Waals surface area contributed by atoms with Crippen LogP contribution in [0.4, 0.5) is 24.5 Å². The van der Waals surface area contributed by atoms with E-state index in [1.807, 2.05) is 0 Å². The first-order valence-electron chi connectivity index (χ1n) is 5.60. The number of anilines is 2. The van der Waals surface area contributed by atoms with Gasteiger partial charge in [0, 0.05) is 23.5 Å². The standard InChI is InChI=1S/C13H10F3N3O/c14-10-3-9(4-11(15)13(10)16)19-12(20)5-8-2-1-7(17)6-18-8/h1-4,6H,5,17H2,(H,19,20). The predicted molar refractivity (Wildman–Crippen MR) is 67.3 cm³/mol. The third kappa shape index (κ3) is 3.25. The van der Waals surface area contributed by atoms with Gasteiger partial charge in [0.2, 0.25) is 5.91 Å². The van der Waals surface area contributed by atoms with Gasteiger partial charge >= 0.3 is 0 Å². The van der Waals surface area contributed by atoms with Gasteiger partial charge in [-0.3, -0.25) is 9.78 Å². The van der Waals surface area contributed by atoms with E-state index >= 15 is 0 Å². The molecule has 1 aromatic heterocycles. The Morgan fingerprint density at radius 1 is 1.20 bits per heavy atom. The van der Waals surface area contributed by atoms with Crippen LogP contribution in [0.5, 0.6) is 0 Å². The number of nitrogens with two attached hydrogens (primary N) is 1. The number of nitrogens with one attached hydrogen (secondary N) is 1. The number of nitrogen functional groups attached to an aromatic ring is 1. The highest BCUT2D eigenvalue weighted by atomic mass is 19.2. The van der Waals surface area contributed by atoms with Crippen molar-refractivity contribution in [3.63, 3.8) is 0 Å². The molecule has 4 nitrogen and oxygen atoms in total. The van der Waals surface area contributed by atoms with Gasteiger partial charge in [0.15, 0.2) is 17.5 Å². The van der Waals surface area contributed by atoms with E-state index in [0.717, 1.165) is 0 Å². The van der Waals surface area contributed by atoms with Crippen molar-refractivity contribution < 1.29 is 18.0 Å². The van der Waals surface area contributed by atoms with Gasteiger partial charge < -0.3 is 11.1 Å². The Hall–Kier alpha value is -2.57. The zero-order chi connectivity index (χ0) is 14.7. The van der Waals surface area contributed by atoms with Crippen molar-refractivity contribution in [2.75, 3.05) is 11.1 Å². The minimum Gasteiger partial charge on any atom is -0.397 e. The molecule has 1 heterocycles. The van der Waals surface area contributed by atoms with Crippen molar-refractivity contribution in [1.29, 1.82) is 0 Å². The molecule has 0 spiro atoms. The molecule has 20 heavy (non-hydrogen) atoms. The van der Waals surface area contributed by atoms with E-state index in [2.05, 4.69) is 10.3 Å². The summed E-state index contributed by atoms with van der Waals surface area (Å²) in [6, 6.07) is 4.53. The number of halogens is 3. The van der Waals surface area contributed by atoms with Gasteiger partial charge in [0.1, 0.15) is 0 Å². The largest absolute Gasteiger partial charge is 0.397 e. The molecule has 0 aliphatic rings. The normalized spacial score (nSPS) is 10.3. The Labute approximate surface area is 112 Å². The number of hydrogen-bond donors (Lipinski definition) is 2. The lowest BCUT2D eigenvalue weighted by molar-refractivity contribution is -0.115. The van der Waals surface area contributed by atoms with Gasteiger partial charge in [-0.05, 0) is 12.1 Å². The second kappa shape index (κ2) is 5.60. The number of nitrogens with zero attached hydrogens (tertiary/aromatic N) is 1. The number of amides is 1. The zero-order valence-electron chi connectivity index (χ0n) is 10.2. The second-order valence-corrected chi connectivity index (χ2v) is 4.06. The van der Waals surface area contributed by atoms with E-state index in [0.29, 0.717) is 23.5 Å². The van der Waals surface area contributed by atoms with Gasteiger partial charge in [-0.25, -0.2) is 13.2 Å². The summed E-state index contributed by atoms with van der Waals surface area (Å²) in [6.07, 6.45) is 1.29. The van der Waals surface area contributed by atoms with E-state index in [-0.39, 0.29) is 12.1 Å². The first-order valence-corrected chi connectivity index (χ1v) is 5.60. The number of carbonyl (C=O) groups is 1. The van der Waals surface area contributed by atoms with E-state index in [9.17, 15) is 18.0 Å². The highest BCUT2D eigenvalue weighted by Crippen LogP contribution is 2.17. The summed E-state index contributed by atoms with van der Waals surface area (Å²) in [4.78, 5) is 15.6. The number of pyridine rings is 1. The Morgan fingerprint density at radius 3 is 2.40 bits per heavy atom. The molecule has 0 saturated carbocycles. The average Bonchev–Trinajstić information content (AvgIpc) is 2.38. The van der Waals surface area contributed by atoms with Crippen molar-refractivity contribution in [3.05, 3.63) is 53.6 Å². The van der Waals surface area contributed by atoms with Crippen LogP contribution in [-0.2, 0) is 11.2 Å². The highest BCUT2D eigenvalue weighted by molar-refractivity contribution is 5.92. The summed E-state index contributed by atoms with van der Waals surface area (Å²) in [5.41, 5.74) is 6.18. The molecular weight excluding hydrogens is 271 g/mol. The van der Waals surface area contributed by atoms with Crippen LogP contribution in [0.3, 0.4) is 0 Å². The molecule has 0 saturated heterocycles. The molecule has 0 aliphatic carbocycles. The van der Waals surface area contributed by atoms with E-state index in [1.165, 1.54) is 6.20 Å².